The van der Waals surface area contributed by atoms with Crippen LogP contribution in [0, 0.1) is 0 Å². The molecule has 4 heteroatoms. The fourth-order valence-electron chi connectivity index (χ4n) is 4.07. The Morgan fingerprint density at radius 3 is 1.17 bits per heavy atom. The van der Waals surface area contributed by atoms with E-state index in [1.165, 1.54) is 116 Å². The second-order valence-corrected chi connectivity index (χ2v) is 8.97. The number of unbranched alkanes of at least 4 members (excludes halogenated alkanes) is 16. The van der Waals surface area contributed by atoms with Gasteiger partial charge in [-0.15, -0.1) is 0 Å². The van der Waals surface area contributed by atoms with E-state index in [-0.39, 0.29) is 36.0 Å². The monoisotopic (exact) mass is 433 g/mol. The van der Waals surface area contributed by atoms with Gasteiger partial charge in [-0.05, 0) is 45.3 Å². The third-order valence-electron chi connectivity index (χ3n) is 6.01. The average molecular weight is 434 g/mol. The molecule has 0 aliphatic rings. The Labute approximate surface area is 211 Å². The standard InChI is InChI=1S/C26H53NO2.Na/c1-3-5-7-9-11-13-15-17-19-23-27(25-21-22-26(28)29)24-20-18-16-14-12-10-8-6-4-2;/h3-25H2,1-2H3,(H,28,29);/q;+1/p-1. The van der Waals surface area contributed by atoms with E-state index in [0.717, 1.165) is 26.1 Å². The minimum absolute atomic E-state index is 0. The van der Waals surface area contributed by atoms with Gasteiger partial charge in [0.05, 0.1) is 0 Å². The Kier molecular flexibility index (Phi) is 29.9. The maximum absolute atomic E-state index is 10.7. The van der Waals surface area contributed by atoms with Crippen molar-refractivity contribution >= 4 is 5.97 Å². The molecule has 0 heterocycles. The molecule has 0 aromatic carbocycles. The van der Waals surface area contributed by atoms with Crippen molar-refractivity contribution in [3.8, 4) is 0 Å². The van der Waals surface area contributed by atoms with Crippen molar-refractivity contribution in [1.82, 2.24) is 4.90 Å². The number of nitrogens with zero attached hydrogens (tertiary/aromatic N) is 1. The van der Waals surface area contributed by atoms with E-state index in [4.69, 9.17) is 0 Å². The fourth-order valence-corrected chi connectivity index (χ4v) is 4.07. The van der Waals surface area contributed by atoms with Crippen molar-refractivity contribution in [2.45, 2.75) is 142 Å². The summed E-state index contributed by atoms with van der Waals surface area (Å²) in [5.74, 6) is -0.906. The predicted octanol–water partition coefficient (Wildman–Crippen LogP) is 3.88. The minimum Gasteiger partial charge on any atom is -0.550 e. The van der Waals surface area contributed by atoms with Crippen molar-refractivity contribution in [2.75, 3.05) is 19.6 Å². The van der Waals surface area contributed by atoms with E-state index in [0.29, 0.717) is 0 Å². The molecule has 174 valence electrons. The molecule has 0 rings (SSSR count). The summed E-state index contributed by atoms with van der Waals surface area (Å²) in [5.41, 5.74) is 0. The Morgan fingerprint density at radius 2 is 0.833 bits per heavy atom. The molecular weight excluding hydrogens is 381 g/mol. The predicted molar refractivity (Wildman–Crippen MR) is 125 cm³/mol. The van der Waals surface area contributed by atoms with Crippen molar-refractivity contribution in [3.63, 3.8) is 0 Å². The summed E-state index contributed by atoms with van der Waals surface area (Å²) in [6.45, 7) is 7.74. The van der Waals surface area contributed by atoms with Crippen LogP contribution in [0.1, 0.15) is 142 Å². The third kappa shape index (κ3) is 26.5. The molecule has 3 nitrogen and oxygen atoms in total. The summed E-state index contributed by atoms with van der Waals surface area (Å²) >= 11 is 0. The molecule has 0 aliphatic heterocycles. The number of carboxylic acid groups (broad SMARTS) is 1. The van der Waals surface area contributed by atoms with Gasteiger partial charge in [0.25, 0.3) is 0 Å². The second-order valence-electron chi connectivity index (χ2n) is 8.97. The smallest absolute Gasteiger partial charge is 0.550 e. The van der Waals surface area contributed by atoms with Crippen LogP contribution in [-0.2, 0) is 4.79 Å². The first-order valence-corrected chi connectivity index (χ1v) is 13.1. The molecule has 0 aromatic heterocycles. The molecular formula is C26H52NNaO2. The number of rotatable bonds is 24. The van der Waals surface area contributed by atoms with Gasteiger partial charge in [0.1, 0.15) is 0 Å². The molecule has 0 bridgehead atoms. The Morgan fingerprint density at radius 1 is 0.533 bits per heavy atom. The zero-order chi connectivity index (χ0) is 21.4. The van der Waals surface area contributed by atoms with Crippen LogP contribution in [0.4, 0.5) is 0 Å². The summed E-state index contributed by atoms with van der Waals surface area (Å²) in [4.78, 5) is 13.2. The van der Waals surface area contributed by atoms with Crippen LogP contribution in [0.25, 0.3) is 0 Å². The summed E-state index contributed by atoms with van der Waals surface area (Å²) in [7, 11) is 0. The first-order chi connectivity index (χ1) is 14.2. The van der Waals surface area contributed by atoms with Gasteiger partial charge in [0.2, 0.25) is 0 Å². The topological polar surface area (TPSA) is 43.4 Å². The van der Waals surface area contributed by atoms with Crippen molar-refractivity contribution in [1.29, 1.82) is 0 Å². The molecule has 0 amide bonds. The third-order valence-corrected chi connectivity index (χ3v) is 6.01. The molecule has 0 saturated heterocycles. The first-order valence-electron chi connectivity index (χ1n) is 13.1. The Bertz CT molecular complexity index is 317. The number of hydrogen-bond acceptors (Lipinski definition) is 3. The largest absolute Gasteiger partial charge is 1.00 e. The van der Waals surface area contributed by atoms with Crippen LogP contribution >= 0.6 is 0 Å². The van der Waals surface area contributed by atoms with Gasteiger partial charge in [0.15, 0.2) is 0 Å². The average Bonchev–Trinajstić information content (AvgIpc) is 2.70. The van der Waals surface area contributed by atoms with E-state index >= 15 is 0 Å². The number of aliphatic carboxylic acids is 1. The zero-order valence-electron chi connectivity index (χ0n) is 21.0. The molecule has 0 spiro atoms. The van der Waals surface area contributed by atoms with E-state index in [1.54, 1.807) is 0 Å². The van der Waals surface area contributed by atoms with Crippen LogP contribution in [0.15, 0.2) is 0 Å². The van der Waals surface area contributed by atoms with E-state index in [2.05, 4.69) is 18.7 Å². The summed E-state index contributed by atoms with van der Waals surface area (Å²) in [6.07, 6.45) is 25.4. The maximum atomic E-state index is 10.7. The number of carbonyl (C=O) groups excluding carboxylic acids is 1. The quantitative estimate of drug-likeness (QED) is 0.171. The number of carboxylic acids is 1. The molecule has 0 fully saturated rings. The summed E-state index contributed by atoms with van der Waals surface area (Å²) < 4.78 is 0. The van der Waals surface area contributed by atoms with Crippen molar-refractivity contribution in [3.05, 3.63) is 0 Å². The van der Waals surface area contributed by atoms with Crippen LogP contribution in [0.2, 0.25) is 0 Å². The van der Waals surface area contributed by atoms with Gasteiger partial charge >= 0.3 is 29.6 Å². The van der Waals surface area contributed by atoms with E-state index in [9.17, 15) is 9.90 Å². The van der Waals surface area contributed by atoms with Gasteiger partial charge in [-0.25, -0.2) is 0 Å². The normalized spacial score (nSPS) is 11.0. The van der Waals surface area contributed by atoms with Crippen molar-refractivity contribution in [2.24, 2.45) is 0 Å². The number of carbonyl (C=O) groups is 1. The fraction of sp³-hybridized carbons (Fsp3) is 0.962. The van der Waals surface area contributed by atoms with Gasteiger partial charge < -0.3 is 14.8 Å². The molecule has 0 saturated carbocycles. The number of hydrogen-bond donors (Lipinski definition) is 0. The van der Waals surface area contributed by atoms with Crippen LogP contribution in [0.5, 0.6) is 0 Å². The Balaban J connectivity index is 0. The van der Waals surface area contributed by atoms with E-state index in [1.807, 2.05) is 0 Å². The van der Waals surface area contributed by atoms with Gasteiger partial charge in [0, 0.05) is 5.97 Å². The SMILES string of the molecule is CCCCCCCCCCCN(CCCCCCCCCCC)CCCC(=O)[O-].[Na+]. The molecule has 0 N–H and O–H groups in total. The molecule has 0 aromatic rings. The van der Waals surface area contributed by atoms with Gasteiger partial charge in [-0.2, -0.15) is 0 Å². The van der Waals surface area contributed by atoms with Crippen LogP contribution in [0.3, 0.4) is 0 Å². The maximum Gasteiger partial charge on any atom is 1.00 e. The van der Waals surface area contributed by atoms with Gasteiger partial charge in [-0.3, -0.25) is 0 Å². The molecule has 0 atom stereocenters. The first kappa shape index (κ1) is 32.6. The zero-order valence-corrected chi connectivity index (χ0v) is 23.0. The van der Waals surface area contributed by atoms with Crippen LogP contribution in [-0.4, -0.2) is 30.5 Å². The van der Waals surface area contributed by atoms with E-state index < -0.39 is 5.97 Å². The van der Waals surface area contributed by atoms with Crippen molar-refractivity contribution < 1.29 is 39.5 Å². The van der Waals surface area contributed by atoms with Crippen LogP contribution < -0.4 is 34.7 Å². The molecule has 30 heavy (non-hydrogen) atoms. The minimum atomic E-state index is -0.906. The Hall–Kier alpha value is 0.430. The summed E-state index contributed by atoms with van der Waals surface area (Å²) in [6, 6.07) is 0. The molecule has 0 aliphatic carbocycles. The van der Waals surface area contributed by atoms with Gasteiger partial charge in [-0.1, -0.05) is 117 Å². The molecule has 0 unspecified atom stereocenters. The molecule has 0 radical (unpaired) electrons. The second kappa shape index (κ2) is 27.5. The summed E-state index contributed by atoms with van der Waals surface area (Å²) in [5, 5.41) is 10.7.